The highest BCUT2D eigenvalue weighted by molar-refractivity contribution is 9.10. The van der Waals surface area contributed by atoms with Crippen LogP contribution in [0.4, 0.5) is 5.82 Å². The van der Waals surface area contributed by atoms with Crippen molar-refractivity contribution in [2.75, 3.05) is 5.32 Å². The molecule has 0 amide bonds. The maximum Gasteiger partial charge on any atom is 0.143 e. The lowest BCUT2D eigenvalue weighted by Gasteiger charge is -2.27. The number of anilines is 1. The molecule has 1 heterocycles. The second-order valence-corrected chi connectivity index (χ2v) is 4.83. The van der Waals surface area contributed by atoms with Gasteiger partial charge in [-0.05, 0) is 41.6 Å². The summed E-state index contributed by atoms with van der Waals surface area (Å²) in [4.78, 5) is 8.12. The van der Waals surface area contributed by atoms with Crippen LogP contribution in [-0.2, 0) is 0 Å². The van der Waals surface area contributed by atoms with Crippen LogP contribution in [0.5, 0.6) is 0 Å². The molecule has 0 aliphatic heterocycles. The topological polar surface area (TPSA) is 63.8 Å². The molecule has 0 saturated heterocycles. The first-order valence-electron chi connectivity index (χ1n) is 5.23. The first kappa shape index (κ1) is 10.8. The molecule has 0 bridgehead atoms. The first-order chi connectivity index (χ1) is 7.25. The van der Waals surface area contributed by atoms with Crippen molar-refractivity contribution < 1.29 is 0 Å². The van der Waals surface area contributed by atoms with Crippen molar-refractivity contribution in [2.24, 2.45) is 5.73 Å². The van der Waals surface area contributed by atoms with Gasteiger partial charge in [0.05, 0.1) is 4.47 Å². The van der Waals surface area contributed by atoms with Gasteiger partial charge >= 0.3 is 0 Å². The Labute approximate surface area is 97.8 Å². The van der Waals surface area contributed by atoms with Gasteiger partial charge in [0.1, 0.15) is 12.1 Å². The van der Waals surface area contributed by atoms with Gasteiger partial charge < -0.3 is 11.1 Å². The van der Waals surface area contributed by atoms with Gasteiger partial charge in [-0.3, -0.25) is 0 Å². The number of nitrogens with zero attached hydrogens (tertiary/aromatic N) is 2. The fraction of sp³-hybridized carbons (Fsp3) is 0.600. The van der Waals surface area contributed by atoms with E-state index in [0.29, 0.717) is 12.1 Å². The number of nitrogens with one attached hydrogen (secondary N) is 1. The molecule has 0 atom stereocenters. The lowest BCUT2D eigenvalue weighted by atomic mass is 9.92. The van der Waals surface area contributed by atoms with Crippen LogP contribution in [0.2, 0.25) is 0 Å². The second kappa shape index (κ2) is 4.90. The SMILES string of the molecule is NC1CCC(Nc2ncncc2Br)CC1. The third kappa shape index (κ3) is 2.89. The molecule has 4 nitrogen and oxygen atoms in total. The van der Waals surface area contributed by atoms with Crippen LogP contribution < -0.4 is 11.1 Å². The zero-order valence-electron chi connectivity index (χ0n) is 8.49. The highest BCUT2D eigenvalue weighted by Crippen LogP contribution is 2.23. The molecular formula is C10H15BrN4. The molecule has 0 aromatic carbocycles. The van der Waals surface area contributed by atoms with Gasteiger partial charge in [-0.25, -0.2) is 9.97 Å². The standard InChI is InChI=1S/C10H15BrN4/c11-9-5-13-6-14-10(9)15-8-3-1-7(12)2-4-8/h5-8H,1-4,12H2,(H,13,14,15). The monoisotopic (exact) mass is 270 g/mol. The highest BCUT2D eigenvalue weighted by Gasteiger charge is 2.19. The summed E-state index contributed by atoms with van der Waals surface area (Å²) in [5, 5.41) is 3.42. The minimum absolute atomic E-state index is 0.386. The third-order valence-electron chi connectivity index (χ3n) is 2.78. The van der Waals surface area contributed by atoms with E-state index in [9.17, 15) is 0 Å². The lowest BCUT2D eigenvalue weighted by Crippen LogP contribution is -2.33. The molecule has 1 aliphatic carbocycles. The van der Waals surface area contributed by atoms with Gasteiger partial charge in [-0.1, -0.05) is 0 Å². The fourth-order valence-corrected chi connectivity index (χ4v) is 2.21. The maximum atomic E-state index is 5.86. The molecule has 15 heavy (non-hydrogen) atoms. The summed E-state index contributed by atoms with van der Waals surface area (Å²) in [7, 11) is 0. The van der Waals surface area contributed by atoms with E-state index < -0.39 is 0 Å². The third-order valence-corrected chi connectivity index (χ3v) is 3.36. The quantitative estimate of drug-likeness (QED) is 0.862. The smallest absolute Gasteiger partial charge is 0.143 e. The molecule has 3 N–H and O–H groups in total. The number of hydrogen-bond acceptors (Lipinski definition) is 4. The lowest BCUT2D eigenvalue weighted by molar-refractivity contribution is 0.410. The zero-order chi connectivity index (χ0) is 10.7. The normalized spacial score (nSPS) is 26.3. The van der Waals surface area contributed by atoms with Crippen molar-refractivity contribution in [1.82, 2.24) is 9.97 Å². The molecule has 1 saturated carbocycles. The Bertz CT molecular complexity index is 323. The number of rotatable bonds is 2. The minimum Gasteiger partial charge on any atom is -0.366 e. The van der Waals surface area contributed by atoms with E-state index in [-0.39, 0.29) is 0 Å². The van der Waals surface area contributed by atoms with Gasteiger partial charge in [0.25, 0.3) is 0 Å². The van der Waals surface area contributed by atoms with Crippen molar-refractivity contribution in [2.45, 2.75) is 37.8 Å². The minimum atomic E-state index is 0.386. The van der Waals surface area contributed by atoms with Crippen LogP contribution in [0.1, 0.15) is 25.7 Å². The summed E-state index contributed by atoms with van der Waals surface area (Å²) in [6.07, 6.45) is 7.75. The van der Waals surface area contributed by atoms with Gasteiger partial charge in [0, 0.05) is 18.3 Å². The summed E-state index contributed by atoms with van der Waals surface area (Å²) < 4.78 is 0.917. The van der Waals surface area contributed by atoms with Crippen LogP contribution in [0, 0.1) is 0 Å². The second-order valence-electron chi connectivity index (χ2n) is 3.98. The first-order valence-corrected chi connectivity index (χ1v) is 6.02. The average molecular weight is 271 g/mol. The Morgan fingerprint density at radius 2 is 2.07 bits per heavy atom. The summed E-state index contributed by atoms with van der Waals surface area (Å²) in [5.74, 6) is 0.880. The molecule has 5 heteroatoms. The number of nitrogens with two attached hydrogens (primary N) is 1. The number of aromatic nitrogens is 2. The van der Waals surface area contributed by atoms with E-state index in [1.165, 1.54) is 0 Å². The summed E-state index contributed by atoms with van der Waals surface area (Å²) in [6.45, 7) is 0. The van der Waals surface area contributed by atoms with Gasteiger partial charge in [0.2, 0.25) is 0 Å². The van der Waals surface area contributed by atoms with Crippen LogP contribution in [0.25, 0.3) is 0 Å². The molecule has 1 aromatic heterocycles. The van der Waals surface area contributed by atoms with Crippen molar-refractivity contribution in [3.63, 3.8) is 0 Å². The Kier molecular flexibility index (Phi) is 3.53. The summed E-state index contributed by atoms with van der Waals surface area (Å²) in [6, 6.07) is 0.882. The van der Waals surface area contributed by atoms with E-state index in [2.05, 4.69) is 31.2 Å². The molecule has 1 aromatic rings. The van der Waals surface area contributed by atoms with Crippen molar-refractivity contribution in [3.8, 4) is 0 Å². The van der Waals surface area contributed by atoms with Gasteiger partial charge in [-0.2, -0.15) is 0 Å². The largest absolute Gasteiger partial charge is 0.366 e. The molecular weight excluding hydrogens is 256 g/mol. The fourth-order valence-electron chi connectivity index (χ4n) is 1.88. The predicted octanol–water partition coefficient (Wildman–Crippen LogP) is 1.92. The summed E-state index contributed by atoms with van der Waals surface area (Å²) >= 11 is 3.42. The molecule has 82 valence electrons. The molecule has 0 unspecified atom stereocenters. The van der Waals surface area contributed by atoms with Gasteiger partial charge in [0.15, 0.2) is 0 Å². The van der Waals surface area contributed by atoms with E-state index >= 15 is 0 Å². The van der Waals surface area contributed by atoms with Crippen LogP contribution in [-0.4, -0.2) is 22.1 Å². The van der Waals surface area contributed by atoms with E-state index in [0.717, 1.165) is 36.0 Å². The Morgan fingerprint density at radius 3 is 2.73 bits per heavy atom. The average Bonchev–Trinajstić information content (AvgIpc) is 2.25. The summed E-state index contributed by atoms with van der Waals surface area (Å²) in [5.41, 5.74) is 5.86. The van der Waals surface area contributed by atoms with E-state index in [4.69, 9.17) is 5.73 Å². The molecule has 2 rings (SSSR count). The zero-order valence-corrected chi connectivity index (χ0v) is 10.1. The van der Waals surface area contributed by atoms with Crippen LogP contribution in [0.15, 0.2) is 17.0 Å². The van der Waals surface area contributed by atoms with E-state index in [1.54, 1.807) is 12.5 Å². The van der Waals surface area contributed by atoms with Crippen molar-refractivity contribution in [3.05, 3.63) is 17.0 Å². The molecule has 0 radical (unpaired) electrons. The van der Waals surface area contributed by atoms with Crippen LogP contribution >= 0.6 is 15.9 Å². The number of halogens is 1. The molecule has 1 fully saturated rings. The van der Waals surface area contributed by atoms with Gasteiger partial charge in [-0.15, -0.1) is 0 Å². The van der Waals surface area contributed by atoms with Crippen molar-refractivity contribution >= 4 is 21.7 Å². The number of hydrogen-bond donors (Lipinski definition) is 2. The highest BCUT2D eigenvalue weighted by atomic mass is 79.9. The maximum absolute atomic E-state index is 5.86. The van der Waals surface area contributed by atoms with Crippen LogP contribution in [0.3, 0.4) is 0 Å². The predicted molar refractivity (Wildman–Crippen MR) is 63.6 cm³/mol. The molecule has 0 spiro atoms. The Morgan fingerprint density at radius 1 is 1.33 bits per heavy atom. The van der Waals surface area contributed by atoms with E-state index in [1.807, 2.05) is 0 Å². The Balaban J connectivity index is 1.95. The van der Waals surface area contributed by atoms with Crippen molar-refractivity contribution in [1.29, 1.82) is 0 Å². The molecule has 1 aliphatic rings. The Hall–Kier alpha value is -0.680.